The molecule has 4 heterocycles. The van der Waals surface area contributed by atoms with Crippen LogP contribution in [0.3, 0.4) is 0 Å². The van der Waals surface area contributed by atoms with Gasteiger partial charge in [-0.05, 0) is 117 Å². The summed E-state index contributed by atoms with van der Waals surface area (Å²) < 4.78 is 7.27. The van der Waals surface area contributed by atoms with Crippen molar-refractivity contribution in [2.45, 2.75) is 85.1 Å². The monoisotopic (exact) mass is 769 g/mol. The van der Waals surface area contributed by atoms with Crippen molar-refractivity contribution in [2.75, 3.05) is 14.6 Å². The molecule has 2 atom stereocenters. The molecule has 4 aliphatic heterocycles. The molecule has 11 rings (SSSR count). The minimum absolute atomic E-state index is 0.0236. The Kier molecular flexibility index (Phi) is 7.54. The zero-order valence-electron chi connectivity index (χ0n) is 35.8. The fraction of sp³-hybridized carbons (Fsp3) is 0.259. The molecule has 0 saturated carbocycles. The van der Waals surface area contributed by atoms with Crippen molar-refractivity contribution in [3.8, 4) is 11.5 Å². The van der Waals surface area contributed by atoms with Crippen LogP contribution in [0.25, 0.3) is 0 Å². The Morgan fingerprint density at radius 2 is 1.29 bits per heavy atom. The summed E-state index contributed by atoms with van der Waals surface area (Å²) in [6, 6.07) is 47.7. The summed E-state index contributed by atoms with van der Waals surface area (Å²) in [6.45, 7) is 21.0. The number of nitrogens with zero attached hydrogens (tertiary/aromatic N) is 3. The summed E-state index contributed by atoms with van der Waals surface area (Å²) in [5.41, 5.74) is 18.6. The molecule has 0 spiro atoms. The maximum Gasteiger partial charge on any atom is 0.332 e. The normalized spacial score (nSPS) is 19.3. The number of allylic oxidation sites excluding steroid dienone is 2. The van der Waals surface area contributed by atoms with Gasteiger partial charge in [-0.1, -0.05) is 134 Å². The van der Waals surface area contributed by atoms with Crippen LogP contribution < -0.4 is 30.3 Å². The summed E-state index contributed by atoms with van der Waals surface area (Å²) in [5.74, 6) is 2.02. The molecule has 0 aromatic heterocycles. The third-order valence-electron chi connectivity index (χ3n) is 13.7. The standard InChI is InChI=1S/C54H52BN3O/c1-33-26-38-39-28-35(53(5,6)7)30-47-51(39)58(44-25-24-34(52(2,3)4)29-46(44)57(47)37-20-14-11-15-21-37)55-42-31-41-45(32-48(42)59-49(27-33)50(38)55)56(36-18-12-10-13-19-36)43-23-17-16-22-40(43)54(41,8)9/h10-32,39,51H,1-9H3. The predicted octanol–water partition coefficient (Wildman–Crippen LogP) is 12.6. The highest BCUT2D eigenvalue weighted by atomic mass is 16.5. The Hall–Kier alpha value is -5.94. The van der Waals surface area contributed by atoms with Gasteiger partial charge < -0.3 is 19.3 Å². The van der Waals surface area contributed by atoms with Gasteiger partial charge in [-0.25, -0.2) is 0 Å². The van der Waals surface area contributed by atoms with Gasteiger partial charge in [0.1, 0.15) is 11.5 Å². The van der Waals surface area contributed by atoms with Crippen LogP contribution in [0.5, 0.6) is 11.5 Å². The molecule has 292 valence electrons. The summed E-state index contributed by atoms with van der Waals surface area (Å²) >= 11 is 0. The van der Waals surface area contributed by atoms with Gasteiger partial charge in [-0.3, -0.25) is 0 Å². The molecule has 0 saturated heterocycles. The molecular weight excluding hydrogens is 717 g/mol. The summed E-state index contributed by atoms with van der Waals surface area (Å²) in [4.78, 5) is 7.82. The molecule has 0 fully saturated rings. The number of anilines is 6. The van der Waals surface area contributed by atoms with E-state index >= 15 is 0 Å². The van der Waals surface area contributed by atoms with Crippen LogP contribution in [-0.4, -0.2) is 12.9 Å². The zero-order chi connectivity index (χ0) is 40.7. The molecule has 1 aliphatic carbocycles. The first-order valence-corrected chi connectivity index (χ1v) is 21.4. The van der Waals surface area contributed by atoms with E-state index in [1.807, 2.05) is 0 Å². The van der Waals surface area contributed by atoms with E-state index in [9.17, 15) is 0 Å². The van der Waals surface area contributed by atoms with E-state index < -0.39 is 0 Å². The minimum atomic E-state index is -0.258. The Bertz CT molecular complexity index is 2790. The average molecular weight is 770 g/mol. The van der Waals surface area contributed by atoms with Crippen molar-refractivity contribution in [1.82, 2.24) is 0 Å². The molecule has 0 N–H and O–H groups in total. The number of fused-ring (bicyclic) bond motifs is 8. The van der Waals surface area contributed by atoms with Crippen LogP contribution in [-0.2, 0) is 10.8 Å². The first-order chi connectivity index (χ1) is 28.2. The maximum atomic E-state index is 7.27. The molecule has 5 aliphatic rings. The number of hydrogen-bond acceptors (Lipinski definition) is 4. The molecular formula is C54H52BN3O. The number of hydrogen-bond donors (Lipinski definition) is 0. The summed E-state index contributed by atoms with van der Waals surface area (Å²) in [7, 11) is 0. The second-order valence-electron chi connectivity index (χ2n) is 19.9. The molecule has 0 radical (unpaired) electrons. The molecule has 2 unspecified atom stereocenters. The van der Waals surface area contributed by atoms with Gasteiger partial charge in [-0.15, -0.1) is 0 Å². The second kappa shape index (κ2) is 12.3. The van der Waals surface area contributed by atoms with Gasteiger partial charge >= 0.3 is 6.85 Å². The van der Waals surface area contributed by atoms with Crippen molar-refractivity contribution in [3.63, 3.8) is 0 Å². The molecule has 4 nitrogen and oxygen atoms in total. The van der Waals surface area contributed by atoms with Gasteiger partial charge in [0.15, 0.2) is 0 Å². The van der Waals surface area contributed by atoms with E-state index in [2.05, 4.69) is 216 Å². The molecule has 59 heavy (non-hydrogen) atoms. The van der Waals surface area contributed by atoms with Crippen LogP contribution in [0.2, 0.25) is 0 Å². The van der Waals surface area contributed by atoms with Gasteiger partial charge in [0.05, 0.1) is 28.8 Å². The van der Waals surface area contributed by atoms with Crippen molar-refractivity contribution in [2.24, 2.45) is 5.41 Å². The van der Waals surface area contributed by atoms with Crippen LogP contribution in [0.1, 0.15) is 89.1 Å². The van der Waals surface area contributed by atoms with Gasteiger partial charge in [-0.2, -0.15) is 0 Å². The summed E-state index contributed by atoms with van der Waals surface area (Å²) in [6.07, 6.45) is 5.12. The van der Waals surface area contributed by atoms with Gasteiger partial charge in [0.2, 0.25) is 0 Å². The highest BCUT2D eigenvalue weighted by Gasteiger charge is 2.55. The number of benzene rings is 6. The molecule has 6 aromatic carbocycles. The van der Waals surface area contributed by atoms with Crippen molar-refractivity contribution >= 4 is 51.9 Å². The average Bonchev–Trinajstić information content (AvgIpc) is 3.21. The van der Waals surface area contributed by atoms with Crippen molar-refractivity contribution < 1.29 is 4.74 Å². The fourth-order valence-electron chi connectivity index (χ4n) is 10.7. The number of ether oxygens (including phenoxy) is 1. The number of aryl methyl sites for hydroxylation is 1. The van der Waals surface area contributed by atoms with Crippen molar-refractivity contribution in [3.05, 3.63) is 179 Å². The topological polar surface area (TPSA) is 19.0 Å². The predicted molar refractivity (Wildman–Crippen MR) is 248 cm³/mol. The first-order valence-electron chi connectivity index (χ1n) is 21.4. The quantitative estimate of drug-likeness (QED) is 0.163. The first kappa shape index (κ1) is 36.2. The van der Waals surface area contributed by atoms with Gasteiger partial charge in [0.25, 0.3) is 0 Å². The molecule has 5 heteroatoms. The lowest BCUT2D eigenvalue weighted by atomic mass is 9.41. The smallest absolute Gasteiger partial charge is 0.332 e. The number of para-hydroxylation sites is 3. The van der Waals surface area contributed by atoms with E-state index in [4.69, 9.17) is 4.74 Å². The molecule has 6 aromatic rings. The lowest BCUT2D eigenvalue weighted by Crippen LogP contribution is -2.70. The largest absolute Gasteiger partial charge is 0.458 e. The lowest BCUT2D eigenvalue weighted by Gasteiger charge is -2.57. The molecule has 0 bridgehead atoms. The van der Waals surface area contributed by atoms with Gasteiger partial charge in [0, 0.05) is 34.5 Å². The highest BCUT2D eigenvalue weighted by molar-refractivity contribution is 6.90. The van der Waals surface area contributed by atoms with E-state index in [1.165, 1.54) is 78.4 Å². The van der Waals surface area contributed by atoms with Crippen LogP contribution in [0.15, 0.2) is 151 Å². The second-order valence-corrected chi connectivity index (χ2v) is 19.9. The number of rotatable bonds is 2. The zero-order valence-corrected chi connectivity index (χ0v) is 35.8. The Morgan fingerprint density at radius 3 is 1.98 bits per heavy atom. The Balaban J connectivity index is 1.23. The third kappa shape index (κ3) is 5.22. The maximum absolute atomic E-state index is 7.27. The third-order valence-corrected chi connectivity index (χ3v) is 13.7. The van der Waals surface area contributed by atoms with Crippen LogP contribution >= 0.6 is 0 Å². The summed E-state index contributed by atoms with van der Waals surface area (Å²) in [5, 5.41) is 0. The van der Waals surface area contributed by atoms with E-state index in [0.717, 1.165) is 17.2 Å². The molecule has 0 amide bonds. The highest BCUT2D eigenvalue weighted by Crippen LogP contribution is 2.57. The van der Waals surface area contributed by atoms with E-state index in [0.29, 0.717) is 0 Å². The Labute approximate surface area is 350 Å². The van der Waals surface area contributed by atoms with Crippen LogP contribution in [0, 0.1) is 12.3 Å². The van der Waals surface area contributed by atoms with Crippen molar-refractivity contribution in [1.29, 1.82) is 0 Å². The fourth-order valence-corrected chi connectivity index (χ4v) is 10.7. The van der Waals surface area contributed by atoms with Crippen LogP contribution in [0.4, 0.5) is 34.1 Å². The lowest BCUT2D eigenvalue weighted by molar-refractivity contribution is 0.479. The minimum Gasteiger partial charge on any atom is -0.458 e. The van der Waals surface area contributed by atoms with E-state index in [-0.39, 0.29) is 35.1 Å². The Morgan fingerprint density at radius 1 is 0.610 bits per heavy atom. The van der Waals surface area contributed by atoms with E-state index in [1.54, 1.807) is 0 Å². The SMILES string of the molecule is Cc1cc2c3c(c1)C1C=C(C(C)(C)C)C=C4C1N(B3c1cc3c(cc1O2)N(c1ccccc1)c1ccccc1C3(C)C)c1ccc(C(C)(C)C)cc1N4c1ccccc1.